The Morgan fingerprint density at radius 1 is 0.974 bits per heavy atom. The summed E-state index contributed by atoms with van der Waals surface area (Å²) in [4.78, 5) is 39.9. The Kier molecular flexibility index (Phi) is 6.92. The number of benzene rings is 3. The molecule has 0 saturated carbocycles. The number of ether oxygens (including phenoxy) is 1. The quantitative estimate of drug-likeness (QED) is 0.462. The van der Waals surface area contributed by atoms with Crippen LogP contribution >= 0.6 is 0 Å². The summed E-state index contributed by atoms with van der Waals surface area (Å²) in [5, 5.41) is 21.2. The molecule has 0 radical (unpaired) electrons. The molecule has 202 valence electrons. The monoisotopic (exact) mass is 544 g/mol. The zero-order valence-corrected chi connectivity index (χ0v) is 23.2. The van der Waals surface area contributed by atoms with Gasteiger partial charge in [-0.1, -0.05) is 81.4 Å². The van der Waals surface area contributed by atoms with Gasteiger partial charge in [0.2, 0.25) is 14.1 Å². The van der Waals surface area contributed by atoms with Gasteiger partial charge >= 0.3 is 5.97 Å². The van der Waals surface area contributed by atoms with Gasteiger partial charge in [-0.25, -0.2) is 4.79 Å². The molecule has 0 spiro atoms. The van der Waals surface area contributed by atoms with Crippen molar-refractivity contribution >= 4 is 42.1 Å². The molecule has 0 aliphatic carbocycles. The van der Waals surface area contributed by atoms with Gasteiger partial charge in [0.15, 0.2) is 12.2 Å². The molecule has 2 aliphatic heterocycles. The lowest BCUT2D eigenvalue weighted by atomic mass is 10.1. The maximum absolute atomic E-state index is 14.2. The summed E-state index contributed by atoms with van der Waals surface area (Å²) in [6.45, 7) is 7.27. The predicted molar refractivity (Wildman–Crippen MR) is 150 cm³/mol. The van der Waals surface area contributed by atoms with Crippen LogP contribution in [0.3, 0.4) is 0 Å². The first-order valence-corrected chi connectivity index (χ1v) is 14.9. The highest BCUT2D eigenvalue weighted by Gasteiger charge is 2.56. The van der Waals surface area contributed by atoms with E-state index < -0.39 is 32.3 Å². The molecule has 1 fully saturated rings. The fourth-order valence-electron chi connectivity index (χ4n) is 6.07. The van der Waals surface area contributed by atoms with E-state index >= 15 is 0 Å². The van der Waals surface area contributed by atoms with Gasteiger partial charge < -0.3 is 24.4 Å². The molecule has 0 aromatic heterocycles. The Hall–Kier alpha value is -3.79. The summed E-state index contributed by atoms with van der Waals surface area (Å²) < 4.78 is 7.35. The number of amides is 2. The predicted octanol–water partition coefficient (Wildman–Crippen LogP) is 2.38. The molecule has 2 amide bonds. The van der Waals surface area contributed by atoms with Crippen LogP contribution in [0.1, 0.15) is 36.7 Å². The lowest BCUT2D eigenvalue weighted by molar-refractivity contribution is -0.163. The molecule has 2 atom stereocenters. The number of carbonyl (C=O) groups is 3. The molecule has 2 N–H and O–H groups in total. The fourth-order valence-corrected chi connectivity index (χ4v) is 11.8. The number of aliphatic carboxylic acids is 1. The second-order valence-electron chi connectivity index (χ2n) is 11.0. The zero-order chi connectivity index (χ0) is 27.9. The van der Waals surface area contributed by atoms with Crippen molar-refractivity contribution in [3.8, 4) is 0 Å². The van der Waals surface area contributed by atoms with Crippen molar-refractivity contribution in [2.24, 2.45) is 0 Å². The molecule has 3 aromatic rings. The topological polar surface area (TPSA) is 107 Å². The van der Waals surface area contributed by atoms with Crippen LogP contribution in [-0.4, -0.2) is 66.2 Å². The van der Waals surface area contributed by atoms with E-state index in [4.69, 9.17) is 4.74 Å². The first-order valence-electron chi connectivity index (χ1n) is 13.0. The van der Waals surface area contributed by atoms with Gasteiger partial charge in [-0.15, -0.1) is 0 Å². The first-order chi connectivity index (χ1) is 18.6. The van der Waals surface area contributed by atoms with Crippen LogP contribution in [0.4, 0.5) is 5.69 Å². The third-order valence-electron chi connectivity index (χ3n) is 7.74. The van der Waals surface area contributed by atoms with E-state index in [1.807, 2.05) is 42.5 Å². The highest BCUT2D eigenvalue weighted by molar-refractivity contribution is 7.03. The smallest absolute Gasteiger partial charge is 0.335 e. The minimum atomic E-state index is -2.90. The van der Waals surface area contributed by atoms with Gasteiger partial charge in [-0.2, -0.15) is 0 Å². The largest absolute Gasteiger partial charge is 0.479 e. The van der Waals surface area contributed by atoms with E-state index in [9.17, 15) is 24.6 Å². The second-order valence-corrected chi connectivity index (χ2v) is 15.6. The Morgan fingerprint density at radius 3 is 2.10 bits per heavy atom. The van der Waals surface area contributed by atoms with Crippen LogP contribution in [0.5, 0.6) is 0 Å². The summed E-state index contributed by atoms with van der Waals surface area (Å²) in [7, 11) is -2.90. The number of nitrogens with zero attached hydrogens (tertiary/aromatic N) is 2. The van der Waals surface area contributed by atoms with Gasteiger partial charge in [-0.3, -0.25) is 9.59 Å². The maximum Gasteiger partial charge on any atom is 0.335 e. The van der Waals surface area contributed by atoms with Crippen molar-refractivity contribution in [1.82, 2.24) is 4.57 Å². The van der Waals surface area contributed by atoms with Crippen LogP contribution in [0.25, 0.3) is 0 Å². The average Bonchev–Trinajstić information content (AvgIpc) is 3.24. The van der Waals surface area contributed by atoms with Gasteiger partial charge in [0.05, 0.1) is 6.61 Å². The van der Waals surface area contributed by atoms with Crippen LogP contribution in [0.2, 0.25) is 5.04 Å². The van der Waals surface area contributed by atoms with Crippen LogP contribution in [0.15, 0.2) is 78.9 Å². The standard InChI is InChI=1S/C30H32N2O6Si/c1-30(2,3)39(22-10-6-4-7-11-22,23-12-8-5-9-13-23)32-19-20-18-21(14-15-24(20)27(32)34)31-16-17-38-26(28(31)35)25(33)29(36)37/h4-15,18,25-26,33H,16-17,19H2,1-3H3,(H,36,37)/t25-,26-/m1/s1. The lowest BCUT2D eigenvalue weighted by Gasteiger charge is -2.49. The van der Waals surface area contributed by atoms with Crippen molar-refractivity contribution in [3.63, 3.8) is 0 Å². The molecule has 39 heavy (non-hydrogen) atoms. The van der Waals surface area contributed by atoms with Gasteiger partial charge in [0, 0.05) is 24.3 Å². The molecular weight excluding hydrogens is 512 g/mol. The third-order valence-corrected chi connectivity index (χ3v) is 13.4. The SMILES string of the molecule is CC(C)(C)[Si](c1ccccc1)(c1ccccc1)N1Cc2cc(N3CCO[C@H]([C@@H](O)C(=O)O)C3=O)ccc2C1=O. The summed E-state index contributed by atoms with van der Waals surface area (Å²) in [6.07, 6.45) is -3.44. The number of carboxylic acid groups (broad SMARTS) is 1. The Balaban J connectivity index is 1.58. The normalized spacial score (nSPS) is 18.7. The molecular formula is C30H32N2O6Si. The number of carboxylic acids is 1. The van der Waals surface area contributed by atoms with E-state index in [0.29, 0.717) is 17.8 Å². The Labute approximate surface area is 228 Å². The number of aliphatic hydroxyl groups is 1. The fraction of sp³-hybridized carbons (Fsp3) is 0.300. The molecule has 8 nitrogen and oxygen atoms in total. The van der Waals surface area contributed by atoms with Crippen LogP contribution in [0, 0.1) is 0 Å². The molecule has 9 heteroatoms. The maximum atomic E-state index is 14.2. The number of carbonyl (C=O) groups excluding carboxylic acids is 2. The van der Waals surface area contributed by atoms with Crippen molar-refractivity contribution < 1.29 is 29.3 Å². The average molecular weight is 545 g/mol. The lowest BCUT2D eigenvalue weighted by Crippen LogP contribution is -2.74. The molecule has 0 bridgehead atoms. The molecule has 0 unspecified atom stereocenters. The first kappa shape index (κ1) is 26.8. The minimum Gasteiger partial charge on any atom is -0.479 e. The summed E-state index contributed by atoms with van der Waals surface area (Å²) in [5.74, 6) is -2.18. The molecule has 2 aliphatic rings. The molecule has 2 heterocycles. The number of aliphatic hydroxyl groups excluding tert-OH is 1. The number of morpholine rings is 1. The van der Waals surface area contributed by atoms with Gasteiger partial charge in [-0.05, 0) is 39.2 Å². The Bertz CT molecular complexity index is 1370. The highest BCUT2D eigenvalue weighted by atomic mass is 28.3. The van der Waals surface area contributed by atoms with E-state index in [2.05, 4.69) is 49.6 Å². The van der Waals surface area contributed by atoms with Gasteiger partial charge in [0.25, 0.3) is 5.91 Å². The molecule has 5 rings (SSSR count). The van der Waals surface area contributed by atoms with Gasteiger partial charge in [0.1, 0.15) is 0 Å². The van der Waals surface area contributed by atoms with Crippen LogP contribution in [-0.2, 0) is 20.9 Å². The summed E-state index contributed by atoms with van der Waals surface area (Å²) in [6, 6.07) is 25.8. The summed E-state index contributed by atoms with van der Waals surface area (Å²) >= 11 is 0. The number of anilines is 1. The highest BCUT2D eigenvalue weighted by Crippen LogP contribution is 2.42. The number of hydrogen-bond donors (Lipinski definition) is 2. The number of rotatable bonds is 6. The van der Waals surface area contributed by atoms with Crippen molar-refractivity contribution in [1.29, 1.82) is 0 Å². The third kappa shape index (κ3) is 4.36. The minimum absolute atomic E-state index is 0.0432. The van der Waals surface area contributed by atoms with E-state index in [1.54, 1.807) is 12.1 Å². The van der Waals surface area contributed by atoms with Crippen molar-refractivity contribution in [2.75, 3.05) is 18.1 Å². The number of fused-ring (bicyclic) bond motifs is 1. The van der Waals surface area contributed by atoms with Crippen LogP contribution < -0.4 is 15.3 Å². The zero-order valence-electron chi connectivity index (χ0n) is 22.2. The van der Waals surface area contributed by atoms with Crippen molar-refractivity contribution in [3.05, 3.63) is 90.0 Å². The second kappa shape index (κ2) is 10.1. The van der Waals surface area contributed by atoms with E-state index in [1.165, 1.54) is 4.90 Å². The van der Waals surface area contributed by atoms with E-state index in [0.717, 1.165) is 15.9 Å². The Morgan fingerprint density at radius 2 is 1.56 bits per heavy atom. The summed E-state index contributed by atoms with van der Waals surface area (Å²) in [5.41, 5.74) is 1.94. The molecule has 1 saturated heterocycles. The number of hydrogen-bond acceptors (Lipinski definition) is 5. The van der Waals surface area contributed by atoms with E-state index in [-0.39, 0.29) is 24.1 Å². The molecule has 3 aromatic carbocycles. The van der Waals surface area contributed by atoms with Crippen molar-refractivity contribution in [2.45, 2.75) is 44.6 Å².